The summed E-state index contributed by atoms with van der Waals surface area (Å²) in [4.78, 5) is 19.2. The number of halogens is 1. The van der Waals surface area contributed by atoms with Crippen LogP contribution in [0.2, 0.25) is 5.02 Å². The summed E-state index contributed by atoms with van der Waals surface area (Å²) < 4.78 is 1.54. The molecule has 0 spiro atoms. The Morgan fingerprint density at radius 3 is 2.81 bits per heavy atom. The minimum atomic E-state index is -0.249. The maximum Gasteiger partial charge on any atom is 0.251 e. The number of pyridine rings is 1. The molecule has 0 unspecified atom stereocenters. The van der Waals surface area contributed by atoms with Crippen LogP contribution < -0.4 is 11.1 Å². The molecule has 136 valence electrons. The second kappa shape index (κ2) is 7.02. The number of rotatable bonds is 4. The molecule has 0 aliphatic heterocycles. The Balaban J connectivity index is 1.60. The van der Waals surface area contributed by atoms with Crippen LogP contribution in [0.1, 0.15) is 20.8 Å². The van der Waals surface area contributed by atoms with Crippen LogP contribution in [0.5, 0.6) is 0 Å². The fourth-order valence-corrected chi connectivity index (χ4v) is 3.72. The molecule has 1 amide bonds. The van der Waals surface area contributed by atoms with Gasteiger partial charge >= 0.3 is 0 Å². The fourth-order valence-electron chi connectivity index (χ4n) is 2.72. The van der Waals surface area contributed by atoms with Crippen LogP contribution >= 0.6 is 22.9 Å². The summed E-state index contributed by atoms with van der Waals surface area (Å²) in [6, 6.07) is 14.6. The number of hydrogen-bond donors (Lipinski definition) is 2. The van der Waals surface area contributed by atoms with Crippen molar-refractivity contribution in [3.05, 3.63) is 69.6 Å². The van der Waals surface area contributed by atoms with Crippen molar-refractivity contribution in [2.75, 3.05) is 5.73 Å². The zero-order chi connectivity index (χ0) is 19.0. The Labute approximate surface area is 164 Å². The molecule has 0 aliphatic rings. The van der Waals surface area contributed by atoms with Gasteiger partial charge in [-0.2, -0.15) is 4.52 Å². The number of carbonyl (C=O) groups is 1. The lowest BCUT2D eigenvalue weighted by atomic mass is 10.2. The summed E-state index contributed by atoms with van der Waals surface area (Å²) in [6.45, 7) is 2.36. The zero-order valence-corrected chi connectivity index (χ0v) is 16.0. The monoisotopic (exact) mass is 397 g/mol. The lowest BCUT2D eigenvalue weighted by Crippen LogP contribution is -2.23. The van der Waals surface area contributed by atoms with Crippen molar-refractivity contribution in [1.82, 2.24) is 19.9 Å². The van der Waals surface area contributed by atoms with Gasteiger partial charge in [-0.15, -0.1) is 16.4 Å². The van der Waals surface area contributed by atoms with E-state index in [1.807, 2.05) is 37.3 Å². The van der Waals surface area contributed by atoms with Gasteiger partial charge < -0.3 is 11.1 Å². The second-order valence-electron chi connectivity index (χ2n) is 6.06. The number of benzene rings is 1. The van der Waals surface area contributed by atoms with E-state index < -0.39 is 0 Å². The van der Waals surface area contributed by atoms with E-state index in [1.165, 1.54) is 9.39 Å². The number of anilines is 1. The molecule has 0 atom stereocenters. The number of nitrogens with zero attached hydrogens (tertiary/aromatic N) is 3. The van der Waals surface area contributed by atoms with Crippen LogP contribution in [-0.4, -0.2) is 20.5 Å². The molecular formula is C19H16ClN5OS. The third-order valence-electron chi connectivity index (χ3n) is 4.08. The summed E-state index contributed by atoms with van der Waals surface area (Å²) in [5.74, 6) is 0.691. The minimum absolute atomic E-state index is 0.249. The average molecular weight is 398 g/mol. The summed E-state index contributed by atoms with van der Waals surface area (Å²) in [5, 5.41) is 7.91. The predicted molar refractivity (Wildman–Crippen MR) is 108 cm³/mol. The van der Waals surface area contributed by atoms with E-state index in [0.29, 0.717) is 34.4 Å². The normalized spacial score (nSPS) is 11.0. The average Bonchev–Trinajstić information content (AvgIpc) is 3.27. The van der Waals surface area contributed by atoms with E-state index in [1.54, 1.807) is 29.5 Å². The van der Waals surface area contributed by atoms with Crippen molar-refractivity contribution in [1.29, 1.82) is 0 Å². The molecule has 1 aromatic carbocycles. The SMILES string of the molecule is Cc1ccc(-c2nc3cc(C(=O)NCc4ccccc4Cl)cc(N)n3n2)s1. The molecule has 27 heavy (non-hydrogen) atoms. The van der Waals surface area contributed by atoms with Crippen molar-refractivity contribution in [3.8, 4) is 10.7 Å². The molecule has 3 aromatic heterocycles. The van der Waals surface area contributed by atoms with E-state index in [9.17, 15) is 4.79 Å². The van der Waals surface area contributed by atoms with Crippen LogP contribution in [0.25, 0.3) is 16.3 Å². The van der Waals surface area contributed by atoms with E-state index in [4.69, 9.17) is 17.3 Å². The number of aromatic nitrogens is 3. The van der Waals surface area contributed by atoms with E-state index >= 15 is 0 Å². The molecule has 0 saturated carbocycles. The Bertz CT molecular complexity index is 1150. The first-order chi connectivity index (χ1) is 13.0. The van der Waals surface area contributed by atoms with Crippen LogP contribution in [0.4, 0.5) is 5.82 Å². The number of nitrogen functional groups attached to an aromatic ring is 1. The quantitative estimate of drug-likeness (QED) is 0.546. The molecular weight excluding hydrogens is 382 g/mol. The van der Waals surface area contributed by atoms with Gasteiger partial charge in [0.05, 0.1) is 4.88 Å². The molecule has 3 N–H and O–H groups in total. The third kappa shape index (κ3) is 3.51. The highest BCUT2D eigenvalue weighted by Crippen LogP contribution is 2.26. The summed E-state index contributed by atoms with van der Waals surface area (Å²) in [6.07, 6.45) is 0. The maximum absolute atomic E-state index is 12.5. The van der Waals surface area contributed by atoms with Gasteiger partial charge in [0.15, 0.2) is 11.5 Å². The Morgan fingerprint density at radius 1 is 1.26 bits per heavy atom. The molecule has 0 fully saturated rings. The maximum atomic E-state index is 12.5. The van der Waals surface area contributed by atoms with Crippen molar-refractivity contribution < 1.29 is 4.79 Å². The molecule has 0 radical (unpaired) electrons. The standard InChI is InChI=1S/C19H16ClN5OS/c1-11-6-7-15(27-11)18-23-17-9-13(8-16(21)25(17)24-18)19(26)22-10-12-4-2-3-5-14(12)20/h2-9H,10,21H2,1H3,(H,22,26). The minimum Gasteiger partial charge on any atom is -0.384 e. The molecule has 8 heteroatoms. The van der Waals surface area contributed by atoms with Gasteiger partial charge in [-0.3, -0.25) is 4.79 Å². The van der Waals surface area contributed by atoms with Gasteiger partial charge in [0.2, 0.25) is 0 Å². The van der Waals surface area contributed by atoms with Crippen LogP contribution in [0.15, 0.2) is 48.5 Å². The predicted octanol–water partition coefficient (Wildman–Crippen LogP) is 3.93. The van der Waals surface area contributed by atoms with Gasteiger partial charge in [0.25, 0.3) is 5.91 Å². The molecule has 0 saturated heterocycles. The molecule has 3 heterocycles. The van der Waals surface area contributed by atoms with Crippen molar-refractivity contribution in [2.24, 2.45) is 0 Å². The number of thiophene rings is 1. The van der Waals surface area contributed by atoms with Crippen LogP contribution in [0.3, 0.4) is 0 Å². The lowest BCUT2D eigenvalue weighted by molar-refractivity contribution is 0.0951. The first kappa shape index (κ1) is 17.5. The first-order valence-electron chi connectivity index (χ1n) is 8.26. The number of nitrogens with two attached hydrogens (primary N) is 1. The number of hydrogen-bond acceptors (Lipinski definition) is 5. The molecule has 4 rings (SSSR count). The Morgan fingerprint density at radius 2 is 2.07 bits per heavy atom. The van der Waals surface area contributed by atoms with E-state index in [0.717, 1.165) is 10.4 Å². The number of amides is 1. The topological polar surface area (TPSA) is 85.3 Å². The zero-order valence-electron chi connectivity index (χ0n) is 14.4. The Hall–Kier alpha value is -2.90. The van der Waals surface area contributed by atoms with Gasteiger partial charge in [-0.05, 0) is 42.8 Å². The number of fused-ring (bicyclic) bond motifs is 1. The third-order valence-corrected chi connectivity index (χ3v) is 5.45. The van der Waals surface area contributed by atoms with Gasteiger partial charge in [0.1, 0.15) is 5.82 Å². The van der Waals surface area contributed by atoms with Gasteiger partial charge in [-0.1, -0.05) is 29.8 Å². The van der Waals surface area contributed by atoms with Gasteiger partial charge in [-0.25, -0.2) is 4.98 Å². The molecule has 6 nitrogen and oxygen atoms in total. The summed E-state index contributed by atoms with van der Waals surface area (Å²) in [5.41, 5.74) is 7.88. The van der Waals surface area contributed by atoms with Crippen molar-refractivity contribution >= 4 is 40.3 Å². The Kier molecular flexibility index (Phi) is 4.55. The molecule has 0 bridgehead atoms. The first-order valence-corrected chi connectivity index (χ1v) is 9.45. The smallest absolute Gasteiger partial charge is 0.251 e. The fraction of sp³-hybridized carbons (Fsp3) is 0.105. The number of nitrogens with one attached hydrogen (secondary N) is 1. The van der Waals surface area contributed by atoms with Crippen LogP contribution in [0, 0.1) is 6.92 Å². The van der Waals surface area contributed by atoms with Crippen molar-refractivity contribution in [3.63, 3.8) is 0 Å². The molecule has 0 aliphatic carbocycles. The highest BCUT2D eigenvalue weighted by atomic mass is 35.5. The second-order valence-corrected chi connectivity index (χ2v) is 7.75. The molecule has 4 aromatic rings. The van der Waals surface area contributed by atoms with Gasteiger partial charge in [0, 0.05) is 22.0 Å². The largest absolute Gasteiger partial charge is 0.384 e. The summed E-state index contributed by atoms with van der Waals surface area (Å²) >= 11 is 7.74. The lowest BCUT2D eigenvalue weighted by Gasteiger charge is -2.08. The van der Waals surface area contributed by atoms with E-state index in [-0.39, 0.29) is 5.91 Å². The van der Waals surface area contributed by atoms with E-state index in [2.05, 4.69) is 15.4 Å². The van der Waals surface area contributed by atoms with Crippen molar-refractivity contribution in [2.45, 2.75) is 13.5 Å². The number of carbonyl (C=O) groups excluding carboxylic acids is 1. The number of aryl methyl sites for hydroxylation is 1. The highest BCUT2D eigenvalue weighted by molar-refractivity contribution is 7.15. The summed E-state index contributed by atoms with van der Waals surface area (Å²) in [7, 11) is 0. The van der Waals surface area contributed by atoms with Crippen LogP contribution in [-0.2, 0) is 6.54 Å². The highest BCUT2D eigenvalue weighted by Gasteiger charge is 2.14.